The van der Waals surface area contributed by atoms with E-state index in [9.17, 15) is 0 Å². The maximum atomic E-state index is 5.42. The molecule has 1 aliphatic heterocycles. The van der Waals surface area contributed by atoms with E-state index in [0.29, 0.717) is 5.95 Å². The Labute approximate surface area is 130 Å². The standard InChI is InChI=1S/C15H22N6O/c1-15(2,20-8-10-22-11-9-20)12-16-14-17-18-19-21(14)13-6-4-3-5-7-13/h3-7H,8-12H2,1-2H3,(H,16,17,19). The van der Waals surface area contributed by atoms with Crippen LogP contribution in [0.15, 0.2) is 30.3 Å². The first-order chi connectivity index (χ1) is 10.7. The number of anilines is 1. The lowest BCUT2D eigenvalue weighted by Crippen LogP contribution is -2.53. The molecule has 118 valence electrons. The van der Waals surface area contributed by atoms with Crippen LogP contribution in [0.25, 0.3) is 5.69 Å². The number of tetrazole rings is 1. The zero-order chi connectivity index (χ0) is 15.4. The molecule has 2 heterocycles. The van der Waals surface area contributed by atoms with Crippen molar-refractivity contribution in [3.8, 4) is 5.69 Å². The molecule has 1 N–H and O–H groups in total. The number of benzene rings is 1. The van der Waals surface area contributed by atoms with Gasteiger partial charge in [0, 0.05) is 25.2 Å². The molecular formula is C15H22N6O. The molecule has 0 amide bonds. The van der Waals surface area contributed by atoms with Gasteiger partial charge in [-0.25, -0.2) is 0 Å². The highest BCUT2D eigenvalue weighted by atomic mass is 16.5. The average Bonchev–Trinajstić information content (AvgIpc) is 3.03. The molecule has 0 aliphatic carbocycles. The third-order valence-corrected chi connectivity index (χ3v) is 4.02. The molecule has 1 aromatic carbocycles. The first-order valence-electron chi connectivity index (χ1n) is 7.57. The van der Waals surface area contributed by atoms with Crippen molar-refractivity contribution < 1.29 is 4.74 Å². The highest BCUT2D eigenvalue weighted by molar-refractivity contribution is 5.38. The highest BCUT2D eigenvalue weighted by Crippen LogP contribution is 2.18. The minimum atomic E-state index is 0.0112. The van der Waals surface area contributed by atoms with E-state index in [2.05, 4.69) is 39.6 Å². The molecule has 3 rings (SSSR count). The van der Waals surface area contributed by atoms with Crippen LogP contribution in [0.2, 0.25) is 0 Å². The summed E-state index contributed by atoms with van der Waals surface area (Å²) in [6, 6.07) is 9.88. The van der Waals surface area contributed by atoms with Crippen molar-refractivity contribution in [2.24, 2.45) is 0 Å². The van der Waals surface area contributed by atoms with E-state index in [0.717, 1.165) is 38.5 Å². The number of rotatable bonds is 5. The Kier molecular flexibility index (Phi) is 4.35. The smallest absolute Gasteiger partial charge is 0.247 e. The predicted molar refractivity (Wildman–Crippen MR) is 84.1 cm³/mol. The summed E-state index contributed by atoms with van der Waals surface area (Å²) in [6.07, 6.45) is 0. The SMILES string of the molecule is CC(C)(CNc1nnnn1-c1ccccc1)N1CCOCC1. The summed E-state index contributed by atoms with van der Waals surface area (Å²) >= 11 is 0. The lowest BCUT2D eigenvalue weighted by molar-refractivity contribution is -0.00573. The fraction of sp³-hybridized carbons (Fsp3) is 0.533. The van der Waals surface area contributed by atoms with E-state index in [1.54, 1.807) is 4.68 Å². The Morgan fingerprint density at radius 1 is 1.18 bits per heavy atom. The van der Waals surface area contributed by atoms with Crippen LogP contribution >= 0.6 is 0 Å². The maximum Gasteiger partial charge on any atom is 0.247 e. The summed E-state index contributed by atoms with van der Waals surface area (Å²) in [4.78, 5) is 2.43. The summed E-state index contributed by atoms with van der Waals surface area (Å²) in [7, 11) is 0. The minimum Gasteiger partial charge on any atom is -0.379 e. The van der Waals surface area contributed by atoms with Gasteiger partial charge in [0.15, 0.2) is 0 Å². The summed E-state index contributed by atoms with van der Waals surface area (Å²) in [5.74, 6) is 0.660. The molecule has 0 spiro atoms. The van der Waals surface area contributed by atoms with Crippen molar-refractivity contribution in [1.82, 2.24) is 25.1 Å². The Balaban J connectivity index is 1.68. The number of hydrogen-bond donors (Lipinski definition) is 1. The van der Waals surface area contributed by atoms with Gasteiger partial charge in [0.05, 0.1) is 18.9 Å². The zero-order valence-electron chi connectivity index (χ0n) is 13.1. The van der Waals surface area contributed by atoms with Gasteiger partial charge in [0.1, 0.15) is 0 Å². The van der Waals surface area contributed by atoms with Crippen LogP contribution in [-0.2, 0) is 4.74 Å². The average molecular weight is 302 g/mol. The van der Waals surface area contributed by atoms with E-state index < -0.39 is 0 Å². The van der Waals surface area contributed by atoms with Gasteiger partial charge in [-0.1, -0.05) is 23.3 Å². The molecule has 22 heavy (non-hydrogen) atoms. The summed E-state index contributed by atoms with van der Waals surface area (Å²) in [5, 5.41) is 15.3. The quantitative estimate of drug-likeness (QED) is 0.894. The number of ether oxygens (including phenoxy) is 1. The van der Waals surface area contributed by atoms with Crippen molar-refractivity contribution in [3.05, 3.63) is 30.3 Å². The lowest BCUT2D eigenvalue weighted by atomic mass is 10.0. The number of nitrogens with one attached hydrogen (secondary N) is 1. The molecule has 0 atom stereocenters. The molecule has 0 saturated carbocycles. The number of para-hydroxylation sites is 1. The normalized spacial score (nSPS) is 16.6. The van der Waals surface area contributed by atoms with Crippen LogP contribution in [0.3, 0.4) is 0 Å². The van der Waals surface area contributed by atoms with Crippen LogP contribution in [0, 0.1) is 0 Å². The maximum absolute atomic E-state index is 5.42. The van der Waals surface area contributed by atoms with Crippen molar-refractivity contribution in [3.63, 3.8) is 0 Å². The number of aromatic nitrogens is 4. The van der Waals surface area contributed by atoms with Crippen molar-refractivity contribution in [2.75, 3.05) is 38.2 Å². The van der Waals surface area contributed by atoms with Gasteiger partial charge in [-0.3, -0.25) is 4.90 Å². The lowest BCUT2D eigenvalue weighted by Gasteiger charge is -2.40. The monoisotopic (exact) mass is 302 g/mol. The van der Waals surface area contributed by atoms with Gasteiger partial charge in [-0.15, -0.1) is 0 Å². The topological polar surface area (TPSA) is 68.1 Å². The van der Waals surface area contributed by atoms with E-state index in [4.69, 9.17) is 4.74 Å². The first-order valence-corrected chi connectivity index (χ1v) is 7.57. The Morgan fingerprint density at radius 3 is 2.64 bits per heavy atom. The second kappa shape index (κ2) is 6.41. The second-order valence-corrected chi connectivity index (χ2v) is 6.02. The largest absolute Gasteiger partial charge is 0.379 e. The molecule has 1 saturated heterocycles. The summed E-state index contributed by atoms with van der Waals surface area (Å²) in [5.41, 5.74) is 0.955. The molecule has 0 unspecified atom stereocenters. The Hall–Kier alpha value is -1.99. The number of nitrogens with zero attached hydrogens (tertiary/aromatic N) is 5. The fourth-order valence-electron chi connectivity index (χ4n) is 2.62. The molecule has 2 aromatic rings. The van der Waals surface area contributed by atoms with Crippen LogP contribution in [-0.4, -0.2) is 63.5 Å². The Bertz CT molecular complexity index is 591. The van der Waals surface area contributed by atoms with Crippen LogP contribution in [0.5, 0.6) is 0 Å². The molecule has 1 fully saturated rings. The fourth-order valence-corrected chi connectivity index (χ4v) is 2.62. The van der Waals surface area contributed by atoms with E-state index in [-0.39, 0.29) is 5.54 Å². The molecule has 1 aliphatic rings. The number of hydrogen-bond acceptors (Lipinski definition) is 6. The van der Waals surface area contributed by atoms with E-state index in [1.807, 2.05) is 30.3 Å². The summed E-state index contributed by atoms with van der Waals surface area (Å²) < 4.78 is 7.14. The van der Waals surface area contributed by atoms with Gasteiger partial charge < -0.3 is 10.1 Å². The summed E-state index contributed by atoms with van der Waals surface area (Å²) in [6.45, 7) is 8.72. The second-order valence-electron chi connectivity index (χ2n) is 6.02. The van der Waals surface area contributed by atoms with Crippen LogP contribution in [0.4, 0.5) is 5.95 Å². The molecule has 7 nitrogen and oxygen atoms in total. The Morgan fingerprint density at radius 2 is 1.91 bits per heavy atom. The zero-order valence-corrected chi connectivity index (χ0v) is 13.1. The number of morpholine rings is 1. The van der Waals surface area contributed by atoms with Crippen LogP contribution in [0.1, 0.15) is 13.8 Å². The third-order valence-electron chi connectivity index (χ3n) is 4.02. The van der Waals surface area contributed by atoms with Gasteiger partial charge in [0.25, 0.3) is 0 Å². The molecule has 0 radical (unpaired) electrons. The third kappa shape index (κ3) is 3.26. The van der Waals surface area contributed by atoms with Crippen LogP contribution < -0.4 is 5.32 Å². The van der Waals surface area contributed by atoms with Gasteiger partial charge in [-0.05, 0) is 36.4 Å². The van der Waals surface area contributed by atoms with Crippen molar-refractivity contribution in [1.29, 1.82) is 0 Å². The van der Waals surface area contributed by atoms with E-state index in [1.165, 1.54) is 0 Å². The first kappa shape index (κ1) is 14.9. The van der Waals surface area contributed by atoms with Gasteiger partial charge in [0.2, 0.25) is 5.95 Å². The molecule has 7 heteroatoms. The minimum absolute atomic E-state index is 0.0112. The molecular weight excluding hydrogens is 280 g/mol. The van der Waals surface area contributed by atoms with Gasteiger partial charge >= 0.3 is 0 Å². The molecule has 1 aromatic heterocycles. The van der Waals surface area contributed by atoms with Crippen molar-refractivity contribution >= 4 is 5.95 Å². The molecule has 0 bridgehead atoms. The van der Waals surface area contributed by atoms with Crippen molar-refractivity contribution in [2.45, 2.75) is 19.4 Å². The van der Waals surface area contributed by atoms with E-state index >= 15 is 0 Å². The predicted octanol–water partition coefficient (Wildman–Crippen LogP) is 1.18. The highest BCUT2D eigenvalue weighted by Gasteiger charge is 2.28. The van der Waals surface area contributed by atoms with Gasteiger partial charge in [-0.2, -0.15) is 4.68 Å².